The predicted molar refractivity (Wildman–Crippen MR) is 47.1 cm³/mol. The van der Waals surface area contributed by atoms with E-state index in [2.05, 4.69) is 0 Å². The molecule has 0 aliphatic carbocycles. The highest BCUT2D eigenvalue weighted by molar-refractivity contribution is 5.40. The zero-order valence-electron chi connectivity index (χ0n) is 9.70. The van der Waals surface area contributed by atoms with Gasteiger partial charge in [0.1, 0.15) is 0 Å². The molecule has 12 heavy (non-hydrogen) atoms. The molecule has 0 aromatic heterocycles. The van der Waals surface area contributed by atoms with Gasteiger partial charge in [-0.05, 0) is 31.0 Å². The lowest BCUT2D eigenvalue weighted by molar-refractivity contribution is 0.403. The number of rotatable bonds is 2. The number of aromatic hydroxyl groups is 2. The second kappa shape index (κ2) is 3.45. The second-order valence-corrected chi connectivity index (χ2v) is 2.51. The summed E-state index contributed by atoms with van der Waals surface area (Å²) in [6.45, 7) is 1.23. The van der Waals surface area contributed by atoms with E-state index < -0.39 is 18.1 Å². The predicted octanol–water partition coefficient (Wildman–Crippen LogP) is 0.988. The van der Waals surface area contributed by atoms with Crippen molar-refractivity contribution >= 4 is 0 Å². The summed E-state index contributed by atoms with van der Waals surface area (Å²) in [6.07, 6.45) is -2.11. The monoisotopic (exact) mass is 170 g/mol. The zero-order chi connectivity index (χ0) is 11.9. The fourth-order valence-corrected chi connectivity index (χ4v) is 0.829. The lowest BCUT2D eigenvalue weighted by atomic mass is 10.1. The summed E-state index contributed by atoms with van der Waals surface area (Å²) < 4.78 is 22.7. The maximum absolute atomic E-state index is 9.21. The number of phenolic OH excluding ortho intramolecular Hbond substituents is 2. The molecule has 0 heterocycles. The SMILES string of the molecule is [2H]C([2H])(c1ccc(O)c(O)c1)[C@@]([2H])(C)N. The van der Waals surface area contributed by atoms with Gasteiger partial charge in [0.25, 0.3) is 0 Å². The molecule has 66 valence electrons. The van der Waals surface area contributed by atoms with Crippen LogP contribution in [0, 0.1) is 0 Å². The Bertz CT molecular complexity index is 374. The Balaban J connectivity index is 3.22. The van der Waals surface area contributed by atoms with E-state index >= 15 is 0 Å². The van der Waals surface area contributed by atoms with Crippen molar-refractivity contribution < 1.29 is 14.3 Å². The minimum Gasteiger partial charge on any atom is -0.504 e. The number of benzene rings is 1. The Morgan fingerprint density at radius 2 is 2.25 bits per heavy atom. The molecule has 4 N–H and O–H groups in total. The van der Waals surface area contributed by atoms with Crippen LogP contribution in [0.4, 0.5) is 0 Å². The van der Waals surface area contributed by atoms with Gasteiger partial charge in [-0.1, -0.05) is 6.07 Å². The van der Waals surface area contributed by atoms with E-state index in [4.69, 9.17) is 15.0 Å². The summed E-state index contributed by atoms with van der Waals surface area (Å²) in [7, 11) is 0. The Hall–Kier alpha value is -1.22. The lowest BCUT2D eigenvalue weighted by Crippen LogP contribution is -2.17. The minimum absolute atomic E-state index is 0.0535. The van der Waals surface area contributed by atoms with Crippen molar-refractivity contribution in [3.8, 4) is 11.5 Å². The van der Waals surface area contributed by atoms with E-state index in [1.807, 2.05) is 0 Å². The van der Waals surface area contributed by atoms with Gasteiger partial charge in [0, 0.05) is 10.1 Å². The molecule has 1 rings (SSSR count). The third-order valence-corrected chi connectivity index (χ3v) is 1.32. The first-order valence-electron chi connectivity index (χ1n) is 4.97. The Morgan fingerprint density at radius 1 is 1.58 bits per heavy atom. The third-order valence-electron chi connectivity index (χ3n) is 1.32. The van der Waals surface area contributed by atoms with E-state index in [-0.39, 0.29) is 11.3 Å². The van der Waals surface area contributed by atoms with Gasteiger partial charge in [0.15, 0.2) is 11.5 Å². The van der Waals surface area contributed by atoms with Crippen molar-refractivity contribution in [2.45, 2.75) is 19.3 Å². The average molecular weight is 170 g/mol. The van der Waals surface area contributed by atoms with Crippen LogP contribution in [0.15, 0.2) is 18.2 Å². The van der Waals surface area contributed by atoms with Crippen LogP contribution < -0.4 is 5.73 Å². The first kappa shape index (κ1) is 5.43. The van der Waals surface area contributed by atoms with E-state index in [0.717, 1.165) is 12.1 Å². The number of nitrogens with two attached hydrogens (primary N) is 1. The van der Waals surface area contributed by atoms with Gasteiger partial charge < -0.3 is 15.9 Å². The molecule has 0 radical (unpaired) electrons. The molecule has 3 heteroatoms. The molecule has 0 saturated carbocycles. The summed E-state index contributed by atoms with van der Waals surface area (Å²) in [6, 6.07) is 1.69. The van der Waals surface area contributed by atoms with Crippen molar-refractivity contribution in [3.63, 3.8) is 0 Å². The standard InChI is InChI=1S/C9H13NO2/c1-6(10)4-7-2-3-8(11)9(12)5-7/h2-3,5-6,11-12H,4,10H2,1H3/t6-/m1/s1/i4D2,6D. The number of phenols is 2. The summed E-state index contributed by atoms with van der Waals surface area (Å²) in [5, 5.41) is 18.3. The maximum Gasteiger partial charge on any atom is 0.157 e. The highest BCUT2D eigenvalue weighted by Gasteiger charge is 2.02. The third kappa shape index (κ3) is 2.13. The molecule has 0 unspecified atom stereocenters. The lowest BCUT2D eigenvalue weighted by Gasteiger charge is -2.05. The Labute approximate surface area is 75.7 Å². The van der Waals surface area contributed by atoms with Crippen LogP contribution in [0.2, 0.25) is 0 Å². The summed E-state index contributed by atoms with van der Waals surface area (Å²) in [5.41, 5.74) is 5.43. The average Bonchev–Trinajstić information content (AvgIpc) is 2.07. The molecule has 1 atom stereocenters. The van der Waals surface area contributed by atoms with E-state index in [1.165, 1.54) is 13.0 Å². The molecule has 0 aliphatic rings. The van der Waals surface area contributed by atoms with Crippen molar-refractivity contribution in [1.82, 2.24) is 0 Å². The van der Waals surface area contributed by atoms with Gasteiger partial charge in [-0.2, -0.15) is 0 Å². The molecule has 0 bridgehead atoms. The fourth-order valence-electron chi connectivity index (χ4n) is 0.829. The van der Waals surface area contributed by atoms with Crippen LogP contribution in [0.1, 0.15) is 16.6 Å². The van der Waals surface area contributed by atoms with Gasteiger partial charge in [-0.25, -0.2) is 0 Å². The van der Waals surface area contributed by atoms with Gasteiger partial charge >= 0.3 is 0 Å². The van der Waals surface area contributed by atoms with E-state index in [9.17, 15) is 5.11 Å². The number of hydrogen-bond acceptors (Lipinski definition) is 3. The molecule has 0 spiro atoms. The molecule has 1 aromatic carbocycles. The quantitative estimate of drug-likeness (QED) is 0.580. The molecule has 1 aromatic rings. The second-order valence-electron chi connectivity index (χ2n) is 2.51. The van der Waals surface area contributed by atoms with Crippen LogP contribution in [0.5, 0.6) is 11.5 Å². The maximum atomic E-state index is 9.21. The van der Waals surface area contributed by atoms with Gasteiger partial charge in [0.05, 0.1) is 0 Å². The first-order chi connectivity index (χ1) is 6.66. The van der Waals surface area contributed by atoms with Gasteiger partial charge in [-0.15, -0.1) is 0 Å². The molecular formula is C9H13NO2. The summed E-state index contributed by atoms with van der Waals surface area (Å²) in [5.74, 6) is -0.765. The highest BCUT2D eigenvalue weighted by atomic mass is 16.3. The topological polar surface area (TPSA) is 66.5 Å². The molecular weight excluding hydrogens is 154 g/mol. The molecule has 0 amide bonds. The smallest absolute Gasteiger partial charge is 0.157 e. The molecule has 0 aliphatic heterocycles. The Kier molecular flexibility index (Phi) is 1.56. The normalized spacial score (nSPS) is 20.3. The van der Waals surface area contributed by atoms with E-state index in [1.54, 1.807) is 0 Å². The van der Waals surface area contributed by atoms with Crippen molar-refractivity contribution in [2.75, 3.05) is 0 Å². The Morgan fingerprint density at radius 3 is 2.75 bits per heavy atom. The van der Waals surface area contributed by atoms with Crippen LogP contribution in [0.3, 0.4) is 0 Å². The molecule has 0 saturated heterocycles. The van der Waals surface area contributed by atoms with Crippen LogP contribution >= 0.6 is 0 Å². The van der Waals surface area contributed by atoms with Gasteiger partial charge in [0.2, 0.25) is 0 Å². The van der Waals surface area contributed by atoms with Crippen LogP contribution in [0.25, 0.3) is 0 Å². The molecule has 3 nitrogen and oxygen atoms in total. The van der Waals surface area contributed by atoms with E-state index in [0.29, 0.717) is 0 Å². The summed E-state index contributed by atoms with van der Waals surface area (Å²) in [4.78, 5) is 0. The first-order valence-corrected chi connectivity index (χ1v) is 3.47. The van der Waals surface area contributed by atoms with Crippen LogP contribution in [-0.2, 0) is 6.37 Å². The highest BCUT2D eigenvalue weighted by Crippen LogP contribution is 2.25. The summed E-state index contributed by atoms with van der Waals surface area (Å²) >= 11 is 0. The number of hydrogen-bond donors (Lipinski definition) is 3. The van der Waals surface area contributed by atoms with Crippen molar-refractivity contribution in [2.24, 2.45) is 5.73 Å². The van der Waals surface area contributed by atoms with Crippen molar-refractivity contribution in [1.29, 1.82) is 0 Å². The fraction of sp³-hybridized carbons (Fsp3) is 0.333. The van der Waals surface area contributed by atoms with Crippen molar-refractivity contribution in [3.05, 3.63) is 23.8 Å². The minimum atomic E-state index is -2.11. The largest absolute Gasteiger partial charge is 0.504 e. The van der Waals surface area contributed by atoms with Gasteiger partial charge in [-0.3, -0.25) is 0 Å². The van der Waals surface area contributed by atoms with Crippen LogP contribution in [-0.4, -0.2) is 16.2 Å². The zero-order valence-corrected chi connectivity index (χ0v) is 6.70. The molecule has 0 fully saturated rings.